The van der Waals surface area contributed by atoms with Crippen LogP contribution in [0.2, 0.25) is 0 Å². The van der Waals surface area contributed by atoms with E-state index in [1.165, 1.54) is 0 Å². The van der Waals surface area contributed by atoms with Crippen molar-refractivity contribution in [3.8, 4) is 5.75 Å². The van der Waals surface area contributed by atoms with Crippen LogP contribution in [0.15, 0.2) is 90.3 Å². The summed E-state index contributed by atoms with van der Waals surface area (Å²) in [6.45, 7) is 2.68. The van der Waals surface area contributed by atoms with E-state index in [1.54, 1.807) is 6.33 Å². The summed E-state index contributed by atoms with van der Waals surface area (Å²) in [6.07, 6.45) is 1.56. The minimum atomic E-state index is 0.359. The van der Waals surface area contributed by atoms with E-state index in [2.05, 4.69) is 20.4 Å². The summed E-state index contributed by atoms with van der Waals surface area (Å²) < 4.78 is 5.78. The molecule has 6 nitrogen and oxygen atoms in total. The monoisotopic (exact) mass is 398 g/mol. The third kappa shape index (κ3) is 5.11. The molecule has 0 spiro atoms. The maximum Gasteiger partial charge on any atom is 0.142 e. The molecule has 0 fully saturated rings. The number of nitrogens with one attached hydrogen (secondary N) is 1. The van der Waals surface area contributed by atoms with E-state index >= 15 is 0 Å². The van der Waals surface area contributed by atoms with Gasteiger partial charge in [-0.25, -0.2) is 9.97 Å². The molecule has 30 heavy (non-hydrogen) atoms. The lowest BCUT2D eigenvalue weighted by molar-refractivity contribution is 0.128. The van der Waals surface area contributed by atoms with Gasteiger partial charge in [-0.1, -0.05) is 47.6 Å². The van der Waals surface area contributed by atoms with Crippen LogP contribution in [-0.4, -0.2) is 22.3 Å². The van der Waals surface area contributed by atoms with Crippen LogP contribution < -0.4 is 10.1 Å². The summed E-state index contributed by atoms with van der Waals surface area (Å²) in [5.41, 5.74) is 3.66. The van der Waals surface area contributed by atoms with Crippen LogP contribution in [0.25, 0.3) is 10.9 Å². The molecule has 1 aromatic heterocycles. The van der Waals surface area contributed by atoms with Crippen molar-refractivity contribution >= 4 is 28.1 Å². The van der Waals surface area contributed by atoms with Crippen LogP contribution in [0.5, 0.6) is 5.75 Å². The van der Waals surface area contributed by atoms with Crippen LogP contribution in [-0.2, 0) is 11.4 Å². The fourth-order valence-electron chi connectivity index (χ4n) is 2.88. The highest BCUT2D eigenvalue weighted by atomic mass is 16.6. The molecule has 4 rings (SSSR count). The Morgan fingerprint density at radius 3 is 2.50 bits per heavy atom. The van der Waals surface area contributed by atoms with Gasteiger partial charge in [0.25, 0.3) is 0 Å². The number of aromatic nitrogens is 2. The molecule has 0 saturated carbocycles. The van der Waals surface area contributed by atoms with Gasteiger partial charge in [0.15, 0.2) is 0 Å². The van der Waals surface area contributed by atoms with Crippen molar-refractivity contribution in [1.29, 1.82) is 0 Å². The molecule has 0 atom stereocenters. The number of oxime groups is 1. The Balaban J connectivity index is 1.31. The SMILES string of the molecule is CC(COc1ccc(Nc2ncnc3ccccc23)cc1)=NOCc1ccccc1. The number of anilines is 2. The van der Waals surface area contributed by atoms with Gasteiger partial charge in [-0.15, -0.1) is 0 Å². The van der Waals surface area contributed by atoms with Crippen molar-refractivity contribution in [2.75, 3.05) is 11.9 Å². The molecule has 4 aromatic rings. The van der Waals surface area contributed by atoms with Crippen molar-refractivity contribution in [2.45, 2.75) is 13.5 Å². The lowest BCUT2D eigenvalue weighted by atomic mass is 10.2. The predicted molar refractivity (Wildman–Crippen MR) is 119 cm³/mol. The molecule has 3 aromatic carbocycles. The Labute approximate surface area is 175 Å². The van der Waals surface area contributed by atoms with Gasteiger partial charge in [0.05, 0.1) is 11.2 Å². The third-order valence-electron chi connectivity index (χ3n) is 4.40. The van der Waals surface area contributed by atoms with E-state index < -0.39 is 0 Å². The van der Waals surface area contributed by atoms with Crippen LogP contribution in [0.3, 0.4) is 0 Å². The molecule has 0 bridgehead atoms. The average Bonchev–Trinajstić information content (AvgIpc) is 2.80. The Kier molecular flexibility index (Phi) is 6.15. The quantitative estimate of drug-likeness (QED) is 0.320. The van der Waals surface area contributed by atoms with E-state index in [9.17, 15) is 0 Å². The van der Waals surface area contributed by atoms with Crippen LogP contribution in [0.1, 0.15) is 12.5 Å². The predicted octanol–water partition coefficient (Wildman–Crippen LogP) is 5.34. The summed E-state index contributed by atoms with van der Waals surface area (Å²) in [5, 5.41) is 8.41. The number of rotatable bonds is 8. The van der Waals surface area contributed by atoms with Crippen molar-refractivity contribution in [3.63, 3.8) is 0 Å². The van der Waals surface area contributed by atoms with Crippen LogP contribution in [0.4, 0.5) is 11.5 Å². The number of para-hydroxylation sites is 1. The number of fused-ring (bicyclic) bond motifs is 1. The van der Waals surface area contributed by atoms with E-state index in [-0.39, 0.29) is 0 Å². The van der Waals surface area contributed by atoms with Gasteiger partial charge in [0, 0.05) is 11.1 Å². The number of hydrogen-bond donors (Lipinski definition) is 1. The van der Waals surface area contributed by atoms with Gasteiger partial charge in [0.2, 0.25) is 0 Å². The first-order valence-electron chi connectivity index (χ1n) is 9.67. The minimum absolute atomic E-state index is 0.359. The smallest absolute Gasteiger partial charge is 0.142 e. The molecule has 150 valence electrons. The zero-order chi connectivity index (χ0) is 20.6. The molecule has 0 saturated heterocycles. The molecule has 1 N–H and O–H groups in total. The summed E-state index contributed by atoms with van der Waals surface area (Å²) in [4.78, 5) is 14.0. The zero-order valence-electron chi connectivity index (χ0n) is 16.7. The summed E-state index contributed by atoms with van der Waals surface area (Å²) in [6, 6.07) is 25.5. The molecule has 0 radical (unpaired) electrons. The van der Waals surface area contributed by atoms with Crippen molar-refractivity contribution in [3.05, 3.63) is 90.8 Å². The second-order valence-electron chi connectivity index (χ2n) is 6.76. The Morgan fingerprint density at radius 1 is 0.900 bits per heavy atom. The van der Waals surface area contributed by atoms with Crippen molar-refractivity contribution < 1.29 is 9.57 Å². The molecular formula is C24H22N4O2. The Bertz CT molecular complexity index is 1120. The first kappa shape index (κ1) is 19.4. The molecule has 1 heterocycles. The van der Waals surface area contributed by atoms with E-state index in [0.29, 0.717) is 13.2 Å². The normalized spacial score (nSPS) is 11.3. The number of benzene rings is 3. The first-order valence-corrected chi connectivity index (χ1v) is 9.67. The molecule has 0 unspecified atom stereocenters. The van der Waals surface area contributed by atoms with Crippen molar-refractivity contribution in [1.82, 2.24) is 9.97 Å². The second-order valence-corrected chi connectivity index (χ2v) is 6.76. The van der Waals surface area contributed by atoms with E-state index in [0.717, 1.165) is 39.4 Å². The summed E-state index contributed by atoms with van der Waals surface area (Å²) >= 11 is 0. The highest BCUT2D eigenvalue weighted by molar-refractivity contribution is 5.90. The summed E-state index contributed by atoms with van der Waals surface area (Å²) in [7, 11) is 0. The van der Waals surface area contributed by atoms with Gasteiger partial charge >= 0.3 is 0 Å². The number of ether oxygens (including phenoxy) is 1. The molecule has 0 aliphatic heterocycles. The van der Waals surface area contributed by atoms with Crippen LogP contribution >= 0.6 is 0 Å². The maximum absolute atomic E-state index is 5.78. The number of hydrogen-bond acceptors (Lipinski definition) is 6. The van der Waals surface area contributed by atoms with Crippen molar-refractivity contribution in [2.24, 2.45) is 5.16 Å². The minimum Gasteiger partial charge on any atom is -0.488 e. The van der Waals surface area contributed by atoms with E-state index in [4.69, 9.17) is 9.57 Å². The van der Waals surface area contributed by atoms with Gasteiger partial charge in [0.1, 0.15) is 31.1 Å². The third-order valence-corrected chi connectivity index (χ3v) is 4.40. The highest BCUT2D eigenvalue weighted by Gasteiger charge is 2.04. The average molecular weight is 398 g/mol. The van der Waals surface area contributed by atoms with E-state index in [1.807, 2.05) is 85.8 Å². The Morgan fingerprint density at radius 2 is 1.67 bits per heavy atom. The topological polar surface area (TPSA) is 68.6 Å². The van der Waals surface area contributed by atoms with Gasteiger partial charge in [-0.3, -0.25) is 0 Å². The highest BCUT2D eigenvalue weighted by Crippen LogP contribution is 2.24. The molecule has 0 aliphatic carbocycles. The Hall–Kier alpha value is -3.93. The standard InChI is InChI=1S/C24H22N4O2/c1-18(28-30-16-19-7-3-2-4-8-19)15-29-21-13-11-20(12-14-21)27-24-22-9-5-6-10-23(22)25-17-26-24/h2-14,17H,15-16H2,1H3,(H,25,26,27). The van der Waals surface area contributed by atoms with Gasteiger partial charge in [-0.05, 0) is 48.9 Å². The fraction of sp³-hybridized carbons (Fsp3) is 0.125. The fourth-order valence-corrected chi connectivity index (χ4v) is 2.88. The molecule has 0 aliphatic rings. The molecule has 0 amide bonds. The lowest BCUT2D eigenvalue weighted by Crippen LogP contribution is -2.08. The molecule has 6 heteroatoms. The van der Waals surface area contributed by atoms with Crippen LogP contribution in [0, 0.1) is 0 Å². The number of nitrogens with zero attached hydrogens (tertiary/aromatic N) is 3. The zero-order valence-corrected chi connectivity index (χ0v) is 16.7. The second kappa shape index (κ2) is 9.52. The first-order chi connectivity index (χ1) is 14.8. The summed E-state index contributed by atoms with van der Waals surface area (Å²) in [5.74, 6) is 1.53. The largest absolute Gasteiger partial charge is 0.488 e. The maximum atomic E-state index is 5.78. The molecular weight excluding hydrogens is 376 g/mol. The van der Waals surface area contributed by atoms with Gasteiger partial charge in [-0.2, -0.15) is 0 Å². The lowest BCUT2D eigenvalue weighted by Gasteiger charge is -2.10. The van der Waals surface area contributed by atoms with Gasteiger partial charge < -0.3 is 14.9 Å².